The van der Waals surface area contributed by atoms with Crippen LogP contribution in [0.15, 0.2) is 0 Å². The van der Waals surface area contributed by atoms with Crippen LogP contribution in [0.4, 0.5) is 0 Å². The van der Waals surface area contributed by atoms with E-state index >= 15 is 0 Å². The van der Waals surface area contributed by atoms with Gasteiger partial charge >= 0.3 is 5.97 Å². The Bertz CT molecular complexity index is 106. The van der Waals surface area contributed by atoms with Crippen LogP contribution in [0.3, 0.4) is 0 Å². The summed E-state index contributed by atoms with van der Waals surface area (Å²) in [7, 11) is 0. The minimum atomic E-state index is -0.913. The van der Waals surface area contributed by atoms with E-state index in [1.165, 1.54) is 0 Å². The second-order valence-corrected chi connectivity index (χ2v) is 2.57. The smallest absolute Gasteiger partial charge is 0.320 e. The molecule has 0 aliphatic heterocycles. The maximum absolute atomic E-state index is 10.1. The average Bonchev–Trinajstić information content (AvgIpc) is 1.63. The van der Waals surface area contributed by atoms with E-state index in [0.717, 1.165) is 0 Å². The topological polar surface area (TPSA) is 63.3 Å². The first-order valence-electron chi connectivity index (χ1n) is 3.02. The molecule has 1 radical (unpaired) electrons. The molecule has 0 unspecified atom stereocenters. The molecule has 0 aliphatic rings. The third-order valence-electron chi connectivity index (χ3n) is 1.04. The number of hydrogen-bond donors (Lipinski definition) is 2. The second kappa shape index (κ2) is 5.70. The molecule has 0 saturated carbocycles. The van der Waals surface area contributed by atoms with Crippen molar-refractivity contribution in [3.63, 3.8) is 0 Å². The Morgan fingerprint density at radius 2 is 2.00 bits per heavy atom. The van der Waals surface area contributed by atoms with Crippen LogP contribution in [-0.2, 0) is 21.6 Å². The molecule has 0 rings (SSSR count). The number of carbonyl (C=O) groups is 1. The molecule has 0 amide bonds. The molecular weight excluding hydrogens is 177 g/mol. The fraction of sp³-hybridized carbons (Fsp3) is 0.833. The summed E-state index contributed by atoms with van der Waals surface area (Å²) in [5.74, 6) is -0.556. The van der Waals surface area contributed by atoms with E-state index in [1.54, 1.807) is 0 Å². The predicted octanol–water partition coefficient (Wildman–Crippen LogP) is 0.442. The summed E-state index contributed by atoms with van der Waals surface area (Å²) >= 11 is 0. The van der Waals surface area contributed by atoms with Gasteiger partial charge < -0.3 is 10.8 Å². The summed E-state index contributed by atoms with van der Waals surface area (Å²) in [6, 6.07) is -0.690. The normalized spacial score (nSPS) is 12.4. The van der Waals surface area contributed by atoms with E-state index < -0.39 is 12.0 Å². The summed E-state index contributed by atoms with van der Waals surface area (Å²) in [6.07, 6.45) is 0.551. The van der Waals surface area contributed by atoms with Crippen LogP contribution in [-0.4, -0.2) is 17.1 Å². The van der Waals surface area contributed by atoms with Gasteiger partial charge in [-0.3, -0.25) is 4.79 Å². The molecule has 63 valence electrons. The van der Waals surface area contributed by atoms with E-state index in [0.29, 0.717) is 12.3 Å². The summed E-state index contributed by atoms with van der Waals surface area (Å²) in [6.45, 7) is 3.89. The van der Waals surface area contributed by atoms with Crippen LogP contribution >= 0.6 is 0 Å². The number of aliphatic carboxylic acids is 1. The van der Waals surface area contributed by atoms with Gasteiger partial charge in [0.15, 0.2) is 0 Å². The zero-order valence-corrected chi connectivity index (χ0v) is 7.17. The minimum absolute atomic E-state index is 0. The predicted molar refractivity (Wildman–Crippen MR) is 35.1 cm³/mol. The minimum Gasteiger partial charge on any atom is -0.480 e. The van der Waals surface area contributed by atoms with Crippen molar-refractivity contribution in [1.29, 1.82) is 0 Å². The summed E-state index contributed by atoms with van der Waals surface area (Å²) in [5, 5.41) is 8.31. The average molecular weight is 190 g/mol. The zero-order valence-electron chi connectivity index (χ0n) is 6.13. The number of carboxylic acids is 1. The molecule has 0 spiro atoms. The van der Waals surface area contributed by atoms with Crippen molar-refractivity contribution in [2.45, 2.75) is 26.3 Å². The van der Waals surface area contributed by atoms with E-state index in [9.17, 15) is 4.79 Å². The fourth-order valence-corrected chi connectivity index (χ4v) is 0.609. The third-order valence-corrected chi connectivity index (χ3v) is 1.04. The molecule has 0 aromatic heterocycles. The van der Waals surface area contributed by atoms with Gasteiger partial charge in [-0.15, -0.1) is 0 Å². The van der Waals surface area contributed by atoms with Crippen molar-refractivity contribution in [1.82, 2.24) is 0 Å². The molecule has 3 N–H and O–H groups in total. The maximum atomic E-state index is 10.1. The van der Waals surface area contributed by atoms with Gasteiger partial charge in [-0.05, 0) is 12.3 Å². The van der Waals surface area contributed by atoms with E-state index in [-0.39, 0.29) is 16.8 Å². The Labute approximate surface area is 71.2 Å². The molecule has 0 aliphatic carbocycles. The van der Waals surface area contributed by atoms with Gasteiger partial charge in [0.25, 0.3) is 0 Å². The first-order chi connectivity index (χ1) is 4.04. The molecule has 3 nitrogen and oxygen atoms in total. The molecule has 0 heterocycles. The molecule has 10 heavy (non-hydrogen) atoms. The number of nitrogens with two attached hydrogens (primary N) is 1. The van der Waals surface area contributed by atoms with Crippen LogP contribution < -0.4 is 5.73 Å². The second-order valence-electron chi connectivity index (χ2n) is 2.57. The fourth-order valence-electron chi connectivity index (χ4n) is 0.609. The van der Waals surface area contributed by atoms with Crippen molar-refractivity contribution in [2.24, 2.45) is 11.7 Å². The molecule has 0 aromatic rings. The summed E-state index contributed by atoms with van der Waals surface area (Å²) in [5.41, 5.74) is 5.22. The number of carboxylic acid groups (broad SMARTS) is 1. The van der Waals surface area contributed by atoms with E-state index in [1.807, 2.05) is 13.8 Å². The third kappa shape index (κ3) is 6.06. The van der Waals surface area contributed by atoms with Crippen molar-refractivity contribution in [3.8, 4) is 0 Å². The van der Waals surface area contributed by atoms with Crippen LogP contribution in [0.5, 0.6) is 0 Å². The van der Waals surface area contributed by atoms with Gasteiger partial charge in [0, 0.05) is 16.8 Å². The quantitative estimate of drug-likeness (QED) is 0.678. The van der Waals surface area contributed by atoms with Gasteiger partial charge in [0.05, 0.1) is 0 Å². The van der Waals surface area contributed by atoms with Crippen molar-refractivity contribution in [2.75, 3.05) is 0 Å². The maximum Gasteiger partial charge on any atom is 0.320 e. The molecule has 0 fully saturated rings. The molecule has 4 heteroatoms. The molecule has 1 atom stereocenters. The van der Waals surface area contributed by atoms with Crippen LogP contribution in [0.2, 0.25) is 0 Å². The first-order valence-corrected chi connectivity index (χ1v) is 3.02. The number of rotatable bonds is 3. The van der Waals surface area contributed by atoms with Gasteiger partial charge in [-0.1, -0.05) is 13.8 Å². The van der Waals surface area contributed by atoms with E-state index in [4.69, 9.17) is 10.8 Å². The summed E-state index contributed by atoms with van der Waals surface area (Å²) < 4.78 is 0. The monoisotopic (exact) mass is 190 g/mol. The van der Waals surface area contributed by atoms with Crippen LogP contribution in [0.25, 0.3) is 0 Å². The van der Waals surface area contributed by atoms with Gasteiger partial charge in [0.1, 0.15) is 6.04 Å². The van der Waals surface area contributed by atoms with Crippen molar-refractivity contribution < 1.29 is 26.7 Å². The SMILES string of the molecule is CC(C)C[C@H](N)C(=O)O.[Co]. The Morgan fingerprint density at radius 1 is 1.60 bits per heavy atom. The Morgan fingerprint density at radius 3 is 2.10 bits per heavy atom. The van der Waals surface area contributed by atoms with Gasteiger partial charge in [-0.25, -0.2) is 0 Å². The van der Waals surface area contributed by atoms with Crippen LogP contribution in [0.1, 0.15) is 20.3 Å². The van der Waals surface area contributed by atoms with Crippen molar-refractivity contribution in [3.05, 3.63) is 0 Å². The molecule has 0 saturated heterocycles. The Hall–Kier alpha value is -0.0635. The Balaban J connectivity index is 0. The molecular formula is C6H13CoNO2. The van der Waals surface area contributed by atoms with Crippen molar-refractivity contribution >= 4 is 5.97 Å². The zero-order chi connectivity index (χ0) is 7.44. The largest absolute Gasteiger partial charge is 0.480 e. The number of hydrogen-bond acceptors (Lipinski definition) is 2. The molecule has 0 bridgehead atoms. The summed E-state index contributed by atoms with van der Waals surface area (Å²) in [4.78, 5) is 10.1. The Kier molecular flexibility index (Phi) is 7.18. The van der Waals surface area contributed by atoms with E-state index in [2.05, 4.69) is 0 Å². The molecule has 0 aromatic carbocycles. The van der Waals surface area contributed by atoms with Gasteiger partial charge in [0.2, 0.25) is 0 Å². The van der Waals surface area contributed by atoms with Gasteiger partial charge in [-0.2, -0.15) is 0 Å². The standard InChI is InChI=1S/C6H13NO2.Co/c1-4(2)3-5(7)6(8)9;/h4-5H,3,7H2,1-2H3,(H,8,9);/t5-;/m0./s1. The first kappa shape index (κ1) is 12.6. The van der Waals surface area contributed by atoms with Crippen LogP contribution in [0, 0.1) is 5.92 Å².